The van der Waals surface area contributed by atoms with Crippen molar-refractivity contribution in [2.24, 2.45) is 0 Å². The molecule has 0 spiro atoms. The Labute approximate surface area is 112 Å². The Morgan fingerprint density at radius 2 is 1.94 bits per heavy atom. The number of aliphatic hydroxyl groups is 1. The zero-order valence-corrected chi connectivity index (χ0v) is 11.1. The fraction of sp³-hybridized carbons (Fsp3) is 0.538. The van der Waals surface area contributed by atoms with Crippen LogP contribution >= 0.6 is 23.2 Å². The second-order valence-corrected chi connectivity index (χ2v) is 5.41. The van der Waals surface area contributed by atoms with Crippen LogP contribution < -0.4 is 5.32 Å². The van der Waals surface area contributed by atoms with Gasteiger partial charge in [-0.3, -0.25) is 0 Å². The Bertz CT molecular complexity index is 363. The summed E-state index contributed by atoms with van der Waals surface area (Å²) in [5.74, 6) is 0. The molecule has 0 radical (unpaired) electrons. The average Bonchev–Trinajstić information content (AvgIpc) is 2.28. The highest BCUT2D eigenvalue weighted by Gasteiger charge is 2.19. The van der Waals surface area contributed by atoms with Crippen LogP contribution in [0.1, 0.15) is 31.2 Å². The fourth-order valence-corrected chi connectivity index (χ4v) is 2.83. The highest BCUT2D eigenvalue weighted by atomic mass is 35.5. The molecule has 0 saturated heterocycles. The number of hydrogen-bond donors (Lipinski definition) is 2. The second kappa shape index (κ2) is 6.05. The van der Waals surface area contributed by atoms with Crippen LogP contribution in [0.2, 0.25) is 10.0 Å². The lowest BCUT2D eigenvalue weighted by molar-refractivity contribution is 0.111. The van der Waals surface area contributed by atoms with Gasteiger partial charge in [0.2, 0.25) is 0 Å². The van der Waals surface area contributed by atoms with Gasteiger partial charge in [0.15, 0.2) is 0 Å². The van der Waals surface area contributed by atoms with Crippen LogP contribution in [0.15, 0.2) is 18.2 Å². The van der Waals surface area contributed by atoms with Crippen molar-refractivity contribution in [3.63, 3.8) is 0 Å². The molecule has 0 aromatic heterocycles. The monoisotopic (exact) mass is 273 g/mol. The minimum Gasteiger partial charge on any atom is -0.393 e. The Morgan fingerprint density at radius 1 is 1.24 bits per heavy atom. The van der Waals surface area contributed by atoms with Crippen LogP contribution in [-0.4, -0.2) is 17.3 Å². The maximum atomic E-state index is 9.59. The van der Waals surface area contributed by atoms with Gasteiger partial charge in [-0.1, -0.05) is 29.3 Å². The molecule has 1 fully saturated rings. The quantitative estimate of drug-likeness (QED) is 0.885. The summed E-state index contributed by atoms with van der Waals surface area (Å²) in [6.07, 6.45) is 3.77. The third-order valence-electron chi connectivity index (χ3n) is 3.28. The molecular formula is C13H17Cl2NO. The third kappa shape index (κ3) is 3.59. The maximum Gasteiger partial charge on any atom is 0.0555 e. The smallest absolute Gasteiger partial charge is 0.0555 e. The molecule has 2 atom stereocenters. The van der Waals surface area contributed by atoms with Gasteiger partial charge >= 0.3 is 0 Å². The van der Waals surface area contributed by atoms with Crippen molar-refractivity contribution in [2.45, 2.75) is 44.4 Å². The Morgan fingerprint density at radius 3 is 2.59 bits per heavy atom. The van der Waals surface area contributed by atoms with E-state index in [1.807, 2.05) is 18.2 Å². The lowest BCUT2D eigenvalue weighted by Crippen LogP contribution is -2.35. The molecule has 2 rings (SSSR count). The highest BCUT2D eigenvalue weighted by molar-refractivity contribution is 6.35. The van der Waals surface area contributed by atoms with Crippen LogP contribution in [0.3, 0.4) is 0 Å². The normalized spacial score (nSPS) is 24.9. The van der Waals surface area contributed by atoms with Gasteiger partial charge in [-0.15, -0.1) is 0 Å². The van der Waals surface area contributed by atoms with Crippen LogP contribution in [-0.2, 0) is 6.54 Å². The van der Waals surface area contributed by atoms with Crippen molar-refractivity contribution in [3.8, 4) is 0 Å². The van der Waals surface area contributed by atoms with E-state index in [0.717, 1.165) is 31.2 Å². The summed E-state index contributed by atoms with van der Waals surface area (Å²) in [5.41, 5.74) is 0.941. The van der Waals surface area contributed by atoms with E-state index < -0.39 is 0 Å². The van der Waals surface area contributed by atoms with Crippen LogP contribution in [0.25, 0.3) is 0 Å². The molecule has 0 aliphatic heterocycles. The summed E-state index contributed by atoms with van der Waals surface area (Å²) < 4.78 is 0. The first-order chi connectivity index (χ1) is 8.16. The highest BCUT2D eigenvalue weighted by Crippen LogP contribution is 2.25. The molecule has 0 heterocycles. The van der Waals surface area contributed by atoms with Crippen molar-refractivity contribution >= 4 is 23.2 Å². The van der Waals surface area contributed by atoms with E-state index in [1.165, 1.54) is 0 Å². The predicted molar refractivity (Wildman–Crippen MR) is 71.6 cm³/mol. The van der Waals surface area contributed by atoms with Crippen LogP contribution in [0.4, 0.5) is 0 Å². The molecule has 0 bridgehead atoms. The fourth-order valence-electron chi connectivity index (χ4n) is 2.30. The van der Waals surface area contributed by atoms with E-state index >= 15 is 0 Å². The summed E-state index contributed by atoms with van der Waals surface area (Å²) >= 11 is 12.2. The van der Waals surface area contributed by atoms with Crippen LogP contribution in [0.5, 0.6) is 0 Å². The van der Waals surface area contributed by atoms with E-state index in [9.17, 15) is 5.11 Å². The van der Waals surface area contributed by atoms with Gasteiger partial charge in [0, 0.05) is 28.2 Å². The predicted octanol–water partition coefficient (Wildman–Crippen LogP) is 3.39. The van der Waals surface area contributed by atoms with E-state index in [2.05, 4.69) is 5.32 Å². The molecule has 1 aromatic rings. The van der Waals surface area contributed by atoms with Crippen molar-refractivity contribution < 1.29 is 5.11 Å². The van der Waals surface area contributed by atoms with Gasteiger partial charge in [0.1, 0.15) is 0 Å². The van der Waals surface area contributed by atoms with E-state index in [4.69, 9.17) is 23.2 Å². The summed E-state index contributed by atoms with van der Waals surface area (Å²) in [4.78, 5) is 0. The van der Waals surface area contributed by atoms with Crippen molar-refractivity contribution in [2.75, 3.05) is 0 Å². The number of hydrogen-bond acceptors (Lipinski definition) is 2. The first kappa shape index (κ1) is 13.2. The van der Waals surface area contributed by atoms with Gasteiger partial charge in [-0.2, -0.15) is 0 Å². The summed E-state index contributed by atoms with van der Waals surface area (Å²) in [5, 5.41) is 14.4. The maximum absolute atomic E-state index is 9.59. The number of nitrogens with one attached hydrogen (secondary N) is 1. The molecule has 4 heteroatoms. The standard InChI is InChI=1S/C13H17Cl2NO/c14-12-5-2-6-13(15)11(12)8-16-9-3-1-4-10(17)7-9/h2,5-6,9-10,16-17H,1,3-4,7-8H2. The molecule has 1 aliphatic carbocycles. The molecule has 2 unspecified atom stereocenters. The Hall–Kier alpha value is -0.280. The molecule has 1 saturated carbocycles. The first-order valence-corrected chi connectivity index (χ1v) is 6.76. The molecule has 2 nitrogen and oxygen atoms in total. The third-order valence-corrected chi connectivity index (χ3v) is 3.98. The summed E-state index contributed by atoms with van der Waals surface area (Å²) in [6.45, 7) is 0.663. The topological polar surface area (TPSA) is 32.3 Å². The van der Waals surface area contributed by atoms with Crippen LogP contribution in [0, 0.1) is 0 Å². The minimum atomic E-state index is -0.164. The lowest BCUT2D eigenvalue weighted by Gasteiger charge is -2.27. The Balaban J connectivity index is 1.93. The zero-order valence-electron chi connectivity index (χ0n) is 9.63. The first-order valence-electron chi connectivity index (χ1n) is 6.01. The van der Waals surface area contributed by atoms with Crippen molar-refractivity contribution in [1.29, 1.82) is 0 Å². The van der Waals surface area contributed by atoms with Crippen molar-refractivity contribution in [1.82, 2.24) is 5.32 Å². The summed E-state index contributed by atoms with van der Waals surface area (Å²) in [6, 6.07) is 5.91. The van der Waals surface area contributed by atoms with Crippen molar-refractivity contribution in [3.05, 3.63) is 33.8 Å². The average molecular weight is 274 g/mol. The van der Waals surface area contributed by atoms with Gasteiger partial charge in [0.25, 0.3) is 0 Å². The largest absolute Gasteiger partial charge is 0.393 e. The van der Waals surface area contributed by atoms with Gasteiger partial charge in [0.05, 0.1) is 6.10 Å². The molecule has 1 aromatic carbocycles. The molecule has 0 amide bonds. The van der Waals surface area contributed by atoms with Gasteiger partial charge in [-0.25, -0.2) is 0 Å². The SMILES string of the molecule is OC1CCCC(NCc2c(Cl)cccc2Cl)C1. The Kier molecular flexibility index (Phi) is 4.69. The number of benzene rings is 1. The molecule has 1 aliphatic rings. The molecule has 17 heavy (non-hydrogen) atoms. The zero-order chi connectivity index (χ0) is 12.3. The van der Waals surface area contributed by atoms with E-state index in [1.54, 1.807) is 0 Å². The molecule has 94 valence electrons. The number of aliphatic hydroxyl groups excluding tert-OH is 1. The van der Waals surface area contributed by atoms with E-state index in [0.29, 0.717) is 22.6 Å². The minimum absolute atomic E-state index is 0.164. The van der Waals surface area contributed by atoms with Gasteiger partial charge < -0.3 is 10.4 Å². The van der Waals surface area contributed by atoms with Gasteiger partial charge in [-0.05, 0) is 37.8 Å². The lowest BCUT2D eigenvalue weighted by atomic mass is 9.93. The summed E-state index contributed by atoms with van der Waals surface area (Å²) in [7, 11) is 0. The van der Waals surface area contributed by atoms with E-state index in [-0.39, 0.29) is 6.10 Å². The molecule has 2 N–H and O–H groups in total. The molecular weight excluding hydrogens is 257 g/mol. The number of rotatable bonds is 3. The number of halogens is 2. The second-order valence-electron chi connectivity index (χ2n) is 4.60.